The molecule has 4 nitrogen and oxygen atoms in total. The summed E-state index contributed by atoms with van der Waals surface area (Å²) in [5.74, 6) is 1.78. The van der Waals surface area contributed by atoms with Gasteiger partial charge in [0.15, 0.2) is 17.5 Å². The molecule has 0 bridgehead atoms. The van der Waals surface area contributed by atoms with E-state index in [-0.39, 0.29) is 0 Å². The van der Waals surface area contributed by atoms with Crippen LogP contribution in [0.3, 0.4) is 0 Å². The minimum atomic E-state index is 0.569. The zero-order valence-electron chi connectivity index (χ0n) is 22.9. The van der Waals surface area contributed by atoms with Gasteiger partial charge in [0.1, 0.15) is 0 Å². The number of aromatic nitrogens is 3. The number of hydrogen-bond acceptors (Lipinski definition) is 4. The van der Waals surface area contributed by atoms with Crippen molar-refractivity contribution in [2.24, 2.45) is 0 Å². The molecule has 1 heterocycles. The number of hydrogen-bond donors (Lipinski definition) is 0. The number of nitriles is 1. The van der Waals surface area contributed by atoms with Gasteiger partial charge in [-0.05, 0) is 51.7 Å². The van der Waals surface area contributed by atoms with Crippen LogP contribution < -0.4 is 0 Å². The van der Waals surface area contributed by atoms with Crippen molar-refractivity contribution in [3.05, 3.63) is 150 Å². The van der Waals surface area contributed by atoms with Gasteiger partial charge in [-0.1, -0.05) is 127 Å². The molecule has 0 unspecified atom stereocenters. The van der Waals surface area contributed by atoms with Gasteiger partial charge >= 0.3 is 0 Å². The van der Waals surface area contributed by atoms with Crippen molar-refractivity contribution in [3.63, 3.8) is 0 Å². The normalized spacial score (nSPS) is 10.9. The summed E-state index contributed by atoms with van der Waals surface area (Å²) in [5, 5.41) is 12.0. The molecule has 0 amide bonds. The van der Waals surface area contributed by atoms with Crippen LogP contribution in [-0.2, 0) is 0 Å². The van der Waals surface area contributed by atoms with E-state index in [1.807, 2.05) is 109 Å². The molecule has 202 valence electrons. The Morgan fingerprint density at radius 1 is 0.442 bits per heavy atom. The number of nitrogens with zero attached hydrogens (tertiary/aromatic N) is 4. The van der Waals surface area contributed by atoms with Crippen molar-refractivity contribution in [2.45, 2.75) is 0 Å². The van der Waals surface area contributed by atoms with Crippen LogP contribution in [0.5, 0.6) is 0 Å². The second-order valence-corrected chi connectivity index (χ2v) is 10.6. The summed E-state index contributed by atoms with van der Waals surface area (Å²) in [6.07, 6.45) is 0. The number of benzene rings is 6. The Labute approximate surface area is 254 Å². The highest BCUT2D eigenvalue weighted by molar-refractivity contribution is 6.33. The highest BCUT2D eigenvalue weighted by atomic mass is 35.5. The zero-order valence-corrected chi connectivity index (χ0v) is 23.7. The maximum atomic E-state index is 9.15. The first-order valence-electron chi connectivity index (χ1n) is 13.9. The molecule has 1 aromatic heterocycles. The molecule has 0 fully saturated rings. The summed E-state index contributed by atoms with van der Waals surface area (Å²) in [6.45, 7) is 0. The van der Waals surface area contributed by atoms with Crippen LogP contribution in [0.4, 0.5) is 0 Å². The number of fused-ring (bicyclic) bond motifs is 1. The van der Waals surface area contributed by atoms with Crippen LogP contribution in [-0.4, -0.2) is 15.0 Å². The van der Waals surface area contributed by atoms with E-state index in [0.717, 1.165) is 49.7 Å². The summed E-state index contributed by atoms with van der Waals surface area (Å²) in [5.41, 5.74) is 7.08. The lowest BCUT2D eigenvalue weighted by atomic mass is 9.96. The van der Waals surface area contributed by atoms with Gasteiger partial charge in [-0.3, -0.25) is 0 Å². The van der Waals surface area contributed by atoms with Crippen LogP contribution in [0.15, 0.2) is 140 Å². The molecule has 0 saturated heterocycles. The van der Waals surface area contributed by atoms with Gasteiger partial charge in [0, 0.05) is 27.3 Å². The zero-order chi connectivity index (χ0) is 29.2. The van der Waals surface area contributed by atoms with Crippen LogP contribution in [0.2, 0.25) is 5.02 Å². The van der Waals surface area contributed by atoms with Gasteiger partial charge < -0.3 is 0 Å². The molecule has 0 radical (unpaired) electrons. The van der Waals surface area contributed by atoms with Crippen LogP contribution in [0.25, 0.3) is 67.2 Å². The van der Waals surface area contributed by atoms with Crippen molar-refractivity contribution < 1.29 is 0 Å². The molecule has 0 aliphatic rings. The number of halogens is 1. The summed E-state index contributed by atoms with van der Waals surface area (Å²) in [4.78, 5) is 14.9. The molecular weight excluding hydrogens is 548 g/mol. The smallest absolute Gasteiger partial charge is 0.164 e. The second-order valence-electron chi connectivity index (χ2n) is 10.2. The third-order valence-corrected chi connectivity index (χ3v) is 7.76. The predicted octanol–water partition coefficient (Wildman–Crippen LogP) is 9.88. The van der Waals surface area contributed by atoms with Gasteiger partial charge in [-0.2, -0.15) is 5.26 Å². The molecule has 0 aliphatic carbocycles. The fourth-order valence-electron chi connectivity index (χ4n) is 5.23. The number of rotatable bonds is 5. The van der Waals surface area contributed by atoms with Crippen molar-refractivity contribution in [1.82, 2.24) is 15.0 Å². The molecule has 0 spiro atoms. The van der Waals surface area contributed by atoms with Gasteiger partial charge in [0.05, 0.1) is 11.6 Å². The van der Waals surface area contributed by atoms with E-state index in [4.69, 9.17) is 31.8 Å². The summed E-state index contributed by atoms with van der Waals surface area (Å²) < 4.78 is 0. The van der Waals surface area contributed by atoms with E-state index in [1.165, 1.54) is 0 Å². The first-order valence-corrected chi connectivity index (χ1v) is 14.2. The van der Waals surface area contributed by atoms with E-state index < -0.39 is 0 Å². The lowest BCUT2D eigenvalue weighted by Gasteiger charge is -2.14. The average molecular weight is 571 g/mol. The van der Waals surface area contributed by atoms with Gasteiger partial charge in [0.25, 0.3) is 0 Å². The fraction of sp³-hybridized carbons (Fsp3) is 0. The Balaban J connectivity index is 1.36. The molecule has 0 saturated carbocycles. The predicted molar refractivity (Wildman–Crippen MR) is 174 cm³/mol. The van der Waals surface area contributed by atoms with Crippen molar-refractivity contribution >= 4 is 22.4 Å². The van der Waals surface area contributed by atoms with E-state index in [1.54, 1.807) is 0 Å². The van der Waals surface area contributed by atoms with E-state index in [9.17, 15) is 0 Å². The van der Waals surface area contributed by atoms with Gasteiger partial charge in [-0.15, -0.1) is 0 Å². The molecular formula is C38H23ClN4. The molecule has 0 aliphatic heterocycles. The quantitative estimate of drug-likeness (QED) is 0.206. The third-order valence-electron chi connectivity index (χ3n) is 7.45. The Morgan fingerprint density at radius 2 is 1.05 bits per heavy atom. The Bertz CT molecular complexity index is 2150. The molecule has 6 aromatic carbocycles. The van der Waals surface area contributed by atoms with Crippen LogP contribution in [0, 0.1) is 11.3 Å². The van der Waals surface area contributed by atoms with Crippen LogP contribution >= 0.6 is 11.6 Å². The van der Waals surface area contributed by atoms with Crippen molar-refractivity contribution in [3.8, 4) is 62.5 Å². The van der Waals surface area contributed by atoms with Gasteiger partial charge in [-0.25, -0.2) is 15.0 Å². The Hall–Kier alpha value is -5.63. The maximum Gasteiger partial charge on any atom is 0.164 e. The molecule has 43 heavy (non-hydrogen) atoms. The van der Waals surface area contributed by atoms with E-state index >= 15 is 0 Å². The molecule has 7 aromatic rings. The monoisotopic (exact) mass is 570 g/mol. The van der Waals surface area contributed by atoms with Gasteiger partial charge in [0.2, 0.25) is 0 Å². The molecule has 0 atom stereocenters. The topological polar surface area (TPSA) is 62.5 Å². The summed E-state index contributed by atoms with van der Waals surface area (Å²) >= 11 is 6.94. The maximum absolute atomic E-state index is 9.15. The van der Waals surface area contributed by atoms with E-state index in [0.29, 0.717) is 28.1 Å². The van der Waals surface area contributed by atoms with Crippen LogP contribution in [0.1, 0.15) is 5.56 Å². The highest BCUT2D eigenvalue weighted by Gasteiger charge is 2.17. The Morgan fingerprint density at radius 3 is 1.79 bits per heavy atom. The first kappa shape index (κ1) is 26.3. The summed E-state index contributed by atoms with van der Waals surface area (Å²) in [6, 6.07) is 48.2. The lowest BCUT2D eigenvalue weighted by molar-refractivity contribution is 1.07. The minimum absolute atomic E-state index is 0.569. The summed E-state index contributed by atoms with van der Waals surface area (Å²) in [7, 11) is 0. The minimum Gasteiger partial charge on any atom is -0.208 e. The Kier molecular flexibility index (Phi) is 6.92. The average Bonchev–Trinajstić information content (AvgIpc) is 3.08. The highest BCUT2D eigenvalue weighted by Crippen LogP contribution is 2.38. The molecule has 0 N–H and O–H groups in total. The lowest BCUT2D eigenvalue weighted by Crippen LogP contribution is -2.01. The molecule has 7 rings (SSSR count). The second kappa shape index (κ2) is 11.3. The van der Waals surface area contributed by atoms with E-state index in [2.05, 4.69) is 36.4 Å². The SMILES string of the molecule is N#Cc1ccc(-c2ccc(-c3ccccc3-c3nc(-c4ccccc4)nc(-c4ccc5ccccc5c4)n3)c(Cl)c2)cc1. The first-order chi connectivity index (χ1) is 21.2. The third kappa shape index (κ3) is 5.26. The molecule has 5 heteroatoms. The van der Waals surface area contributed by atoms with Crippen molar-refractivity contribution in [1.29, 1.82) is 5.26 Å². The standard InChI is InChI=1S/C38H23ClN4/c39-35-23-30(27-16-14-25(24-40)15-17-27)20-21-33(35)32-12-6-7-13-34(32)38-42-36(28-9-2-1-3-10-28)41-37(43-38)31-19-18-26-8-4-5-11-29(26)22-31/h1-23H. The fourth-order valence-corrected chi connectivity index (χ4v) is 5.52. The van der Waals surface area contributed by atoms with Crippen molar-refractivity contribution in [2.75, 3.05) is 0 Å². The largest absolute Gasteiger partial charge is 0.208 e.